The highest BCUT2D eigenvalue weighted by atomic mass is 35.5. The van der Waals surface area contributed by atoms with Gasteiger partial charge < -0.3 is 15.5 Å². The first kappa shape index (κ1) is 25.9. The summed E-state index contributed by atoms with van der Waals surface area (Å²) in [6.45, 7) is 2.71. The van der Waals surface area contributed by atoms with Crippen molar-refractivity contribution in [1.82, 2.24) is 20.5 Å². The van der Waals surface area contributed by atoms with Crippen LogP contribution in [0.15, 0.2) is 54.9 Å². The van der Waals surface area contributed by atoms with Crippen LogP contribution >= 0.6 is 24.8 Å². The first-order valence-corrected chi connectivity index (χ1v) is 9.98. The molecule has 2 heterocycles. The molecule has 1 aromatic heterocycles. The molecule has 1 aliphatic heterocycles. The fraction of sp³-hybridized carbons (Fsp3) is 0.409. The molecule has 2 aromatic rings. The molecule has 1 aromatic carbocycles. The summed E-state index contributed by atoms with van der Waals surface area (Å²) in [6, 6.07) is 13.7. The van der Waals surface area contributed by atoms with Gasteiger partial charge >= 0.3 is 0 Å². The molecule has 1 saturated heterocycles. The number of aromatic nitrogens is 1. The number of pyridine rings is 1. The number of carbonyl (C=O) groups excluding carboxylic acids is 2. The van der Waals surface area contributed by atoms with Crippen LogP contribution in [0.25, 0.3) is 0 Å². The van der Waals surface area contributed by atoms with Crippen molar-refractivity contribution in [3.8, 4) is 0 Å². The van der Waals surface area contributed by atoms with E-state index in [1.807, 2.05) is 23.1 Å². The van der Waals surface area contributed by atoms with Gasteiger partial charge in [0.1, 0.15) is 0 Å². The summed E-state index contributed by atoms with van der Waals surface area (Å²) in [5.74, 6) is 0.0372. The number of amides is 2. The van der Waals surface area contributed by atoms with Gasteiger partial charge in [-0.2, -0.15) is 0 Å². The summed E-state index contributed by atoms with van der Waals surface area (Å²) in [6.07, 6.45) is 6.30. The van der Waals surface area contributed by atoms with Crippen LogP contribution in [0, 0.1) is 0 Å². The minimum atomic E-state index is 0. The quantitative estimate of drug-likeness (QED) is 0.731. The van der Waals surface area contributed by atoms with E-state index in [9.17, 15) is 9.59 Å². The van der Waals surface area contributed by atoms with Crippen molar-refractivity contribution in [2.24, 2.45) is 0 Å². The molecule has 1 atom stereocenters. The van der Waals surface area contributed by atoms with Crippen molar-refractivity contribution in [2.75, 3.05) is 26.2 Å². The van der Waals surface area contributed by atoms with Crippen molar-refractivity contribution in [3.63, 3.8) is 0 Å². The SMILES string of the molecule is Cl.Cl.O=C1CC(c2ccccc2)NCCCCN(C(=O)c2cccnc2)CCCN1. The smallest absolute Gasteiger partial charge is 0.255 e. The average molecular weight is 453 g/mol. The molecule has 2 N–H and O–H groups in total. The molecular formula is C22H30Cl2N4O2. The molecule has 6 nitrogen and oxygen atoms in total. The van der Waals surface area contributed by atoms with Crippen molar-refractivity contribution < 1.29 is 9.59 Å². The second-order valence-electron chi connectivity index (χ2n) is 7.07. The largest absolute Gasteiger partial charge is 0.356 e. The number of benzene rings is 1. The van der Waals surface area contributed by atoms with Gasteiger partial charge in [-0.15, -0.1) is 24.8 Å². The third kappa shape index (κ3) is 7.94. The first-order valence-electron chi connectivity index (χ1n) is 9.98. The first-order chi connectivity index (χ1) is 13.7. The van der Waals surface area contributed by atoms with Crippen LogP contribution in [0.4, 0.5) is 0 Å². The summed E-state index contributed by atoms with van der Waals surface area (Å²) in [4.78, 5) is 31.1. The van der Waals surface area contributed by atoms with E-state index in [1.165, 1.54) is 0 Å². The molecule has 1 unspecified atom stereocenters. The van der Waals surface area contributed by atoms with E-state index in [0.29, 0.717) is 31.6 Å². The number of hydrogen-bond acceptors (Lipinski definition) is 4. The maximum Gasteiger partial charge on any atom is 0.255 e. The number of carbonyl (C=O) groups is 2. The van der Waals surface area contributed by atoms with Crippen LogP contribution in [0.1, 0.15) is 47.6 Å². The number of hydrogen-bond donors (Lipinski definition) is 2. The third-order valence-electron chi connectivity index (χ3n) is 4.96. The Morgan fingerprint density at radius 2 is 1.73 bits per heavy atom. The summed E-state index contributed by atoms with van der Waals surface area (Å²) < 4.78 is 0. The van der Waals surface area contributed by atoms with Crippen LogP contribution < -0.4 is 10.6 Å². The molecule has 0 saturated carbocycles. The highest BCUT2D eigenvalue weighted by Gasteiger charge is 2.18. The Hall–Kier alpha value is -2.15. The Kier molecular flexibility index (Phi) is 12.0. The normalized spacial score (nSPS) is 18.3. The summed E-state index contributed by atoms with van der Waals surface area (Å²) in [7, 11) is 0. The van der Waals surface area contributed by atoms with Crippen LogP contribution in [0.5, 0.6) is 0 Å². The van der Waals surface area contributed by atoms with Gasteiger partial charge in [-0.05, 0) is 43.5 Å². The highest BCUT2D eigenvalue weighted by molar-refractivity contribution is 5.93. The minimum absolute atomic E-state index is 0. The molecule has 0 bridgehead atoms. The average Bonchev–Trinajstić information content (AvgIpc) is 2.76. The van der Waals surface area contributed by atoms with Crippen LogP contribution in [0.3, 0.4) is 0 Å². The van der Waals surface area contributed by atoms with Gasteiger partial charge in [0.2, 0.25) is 5.91 Å². The van der Waals surface area contributed by atoms with E-state index in [4.69, 9.17) is 0 Å². The maximum absolute atomic E-state index is 12.8. The van der Waals surface area contributed by atoms with Crippen molar-refractivity contribution >= 4 is 36.6 Å². The van der Waals surface area contributed by atoms with Crippen LogP contribution in [-0.2, 0) is 4.79 Å². The van der Waals surface area contributed by atoms with Crippen LogP contribution in [0.2, 0.25) is 0 Å². The molecule has 1 fully saturated rings. The Bertz CT molecular complexity index is 762. The molecule has 1 aliphatic rings. The number of rotatable bonds is 2. The highest BCUT2D eigenvalue weighted by Crippen LogP contribution is 2.17. The Balaban J connectivity index is 0.00000225. The molecule has 30 heavy (non-hydrogen) atoms. The summed E-state index contributed by atoms with van der Waals surface area (Å²) in [5.41, 5.74) is 1.74. The monoisotopic (exact) mass is 452 g/mol. The standard InChI is InChI=1S/C22H28N4O2.2ClH/c27-21-16-20(18-8-2-1-3-9-18)24-12-4-5-14-26(15-7-13-25-21)22(28)19-10-6-11-23-17-19;;/h1-3,6,8-11,17,20,24H,4-5,7,12-16H2,(H,25,27);2*1H. The maximum atomic E-state index is 12.8. The van der Waals surface area contributed by atoms with E-state index < -0.39 is 0 Å². The summed E-state index contributed by atoms with van der Waals surface area (Å²) >= 11 is 0. The Labute approximate surface area is 190 Å². The van der Waals surface area contributed by atoms with E-state index in [2.05, 4.69) is 27.8 Å². The third-order valence-corrected chi connectivity index (χ3v) is 4.96. The predicted octanol–water partition coefficient (Wildman–Crippen LogP) is 3.39. The topological polar surface area (TPSA) is 74.3 Å². The lowest BCUT2D eigenvalue weighted by atomic mass is 10.0. The van der Waals surface area contributed by atoms with Gasteiger partial charge in [-0.3, -0.25) is 14.6 Å². The lowest BCUT2D eigenvalue weighted by molar-refractivity contribution is -0.121. The molecular weight excluding hydrogens is 423 g/mol. The molecule has 0 radical (unpaired) electrons. The number of nitrogens with zero attached hydrogens (tertiary/aromatic N) is 2. The van der Waals surface area contributed by atoms with E-state index >= 15 is 0 Å². The Morgan fingerprint density at radius 1 is 0.967 bits per heavy atom. The molecule has 0 spiro atoms. The van der Waals surface area contributed by atoms with E-state index in [-0.39, 0.29) is 42.7 Å². The van der Waals surface area contributed by atoms with Gasteiger partial charge in [0.15, 0.2) is 0 Å². The van der Waals surface area contributed by atoms with Crippen molar-refractivity contribution in [2.45, 2.75) is 31.7 Å². The van der Waals surface area contributed by atoms with Crippen LogP contribution in [-0.4, -0.2) is 47.9 Å². The number of nitrogens with one attached hydrogen (secondary N) is 2. The van der Waals surface area contributed by atoms with Gasteiger partial charge in [0, 0.05) is 44.5 Å². The van der Waals surface area contributed by atoms with Gasteiger partial charge in [0.25, 0.3) is 5.91 Å². The lowest BCUT2D eigenvalue weighted by Crippen LogP contribution is -2.35. The minimum Gasteiger partial charge on any atom is -0.356 e. The summed E-state index contributed by atoms with van der Waals surface area (Å²) in [5, 5.41) is 6.50. The molecule has 164 valence electrons. The molecule has 2 amide bonds. The number of halogens is 2. The predicted molar refractivity (Wildman–Crippen MR) is 123 cm³/mol. The second kappa shape index (κ2) is 14.0. The zero-order valence-electron chi connectivity index (χ0n) is 17.0. The zero-order valence-corrected chi connectivity index (χ0v) is 18.6. The van der Waals surface area contributed by atoms with E-state index in [1.54, 1.807) is 24.5 Å². The van der Waals surface area contributed by atoms with E-state index in [0.717, 1.165) is 31.4 Å². The second-order valence-corrected chi connectivity index (χ2v) is 7.07. The van der Waals surface area contributed by atoms with Gasteiger partial charge in [-0.1, -0.05) is 30.3 Å². The fourth-order valence-corrected chi connectivity index (χ4v) is 3.44. The molecule has 3 rings (SSSR count). The van der Waals surface area contributed by atoms with Crippen molar-refractivity contribution in [1.29, 1.82) is 0 Å². The fourth-order valence-electron chi connectivity index (χ4n) is 3.44. The Morgan fingerprint density at radius 3 is 2.47 bits per heavy atom. The molecule has 0 aliphatic carbocycles. The van der Waals surface area contributed by atoms with Gasteiger partial charge in [0.05, 0.1) is 5.56 Å². The lowest BCUT2D eigenvalue weighted by Gasteiger charge is -2.23. The zero-order chi connectivity index (χ0) is 19.6. The molecule has 8 heteroatoms. The van der Waals surface area contributed by atoms with Crippen molar-refractivity contribution in [3.05, 3.63) is 66.0 Å². The van der Waals surface area contributed by atoms with Gasteiger partial charge in [-0.25, -0.2) is 0 Å².